The largest absolute Gasteiger partial charge is 0.382 e. The Morgan fingerprint density at radius 1 is 1.42 bits per heavy atom. The van der Waals surface area contributed by atoms with E-state index in [4.69, 9.17) is 5.73 Å². The van der Waals surface area contributed by atoms with Gasteiger partial charge in [0.2, 0.25) is 0 Å². The number of nitrogens with two attached hydrogens (primary N) is 1. The average molecular weight is 300 g/mol. The molecule has 1 aliphatic heterocycles. The van der Waals surface area contributed by atoms with E-state index in [1.807, 2.05) is 25.6 Å². The van der Waals surface area contributed by atoms with Gasteiger partial charge in [0.1, 0.15) is 10.7 Å². The van der Waals surface area contributed by atoms with Crippen LogP contribution in [0.4, 0.5) is 10.9 Å². The lowest BCUT2D eigenvalue weighted by Crippen LogP contribution is -2.37. The first-order valence-electron chi connectivity index (χ1n) is 6.47. The maximum Gasteiger partial charge on any atom is 0.265 e. The molecule has 0 atom stereocenters. The zero-order valence-electron chi connectivity index (χ0n) is 11.2. The maximum atomic E-state index is 12.2. The van der Waals surface area contributed by atoms with Crippen LogP contribution in [0.25, 0.3) is 0 Å². The van der Waals surface area contributed by atoms with Gasteiger partial charge in [0.05, 0.1) is 0 Å². The third-order valence-electron chi connectivity index (χ3n) is 2.83. The predicted molar refractivity (Wildman–Crippen MR) is 83.1 cm³/mol. The van der Waals surface area contributed by atoms with Crippen LogP contribution in [0.2, 0.25) is 0 Å². The van der Waals surface area contributed by atoms with Crippen molar-refractivity contribution in [2.45, 2.75) is 38.8 Å². The van der Waals surface area contributed by atoms with E-state index in [1.54, 1.807) is 0 Å². The van der Waals surface area contributed by atoms with Crippen LogP contribution in [0.3, 0.4) is 0 Å². The Hall–Kier alpha value is -0.950. The molecule has 1 aliphatic rings. The zero-order chi connectivity index (χ0) is 13.8. The van der Waals surface area contributed by atoms with Crippen LogP contribution < -0.4 is 16.4 Å². The molecule has 4 N–H and O–H groups in total. The number of nitrogens with zero attached hydrogens (tertiary/aromatic N) is 1. The highest BCUT2D eigenvalue weighted by Crippen LogP contribution is 2.26. The average Bonchev–Trinajstić information content (AvgIpc) is 2.70. The number of carbonyl (C=O) groups excluding carboxylic acids is 1. The molecule has 2 rings (SSSR count). The highest BCUT2D eigenvalue weighted by Gasteiger charge is 2.21. The summed E-state index contributed by atoms with van der Waals surface area (Å²) in [5.41, 5.74) is 5.82. The van der Waals surface area contributed by atoms with Gasteiger partial charge >= 0.3 is 0 Å². The van der Waals surface area contributed by atoms with Gasteiger partial charge in [-0.1, -0.05) is 11.3 Å². The summed E-state index contributed by atoms with van der Waals surface area (Å²) in [5, 5.41) is 6.93. The van der Waals surface area contributed by atoms with Crippen molar-refractivity contribution in [3.8, 4) is 0 Å². The van der Waals surface area contributed by atoms with Gasteiger partial charge in [-0.25, -0.2) is 4.98 Å². The molecule has 2 heterocycles. The SMILES string of the molecule is CC(C)Nc1nc(N)c(C(=O)NC2CCSCC2)s1. The fourth-order valence-corrected chi connectivity index (χ4v) is 3.94. The Morgan fingerprint density at radius 3 is 2.74 bits per heavy atom. The van der Waals surface area contributed by atoms with Crippen LogP contribution in [0.15, 0.2) is 0 Å². The van der Waals surface area contributed by atoms with E-state index in [-0.39, 0.29) is 18.0 Å². The molecule has 5 nitrogen and oxygen atoms in total. The van der Waals surface area contributed by atoms with Crippen LogP contribution >= 0.6 is 23.1 Å². The molecule has 0 bridgehead atoms. The van der Waals surface area contributed by atoms with Crippen molar-refractivity contribution in [3.63, 3.8) is 0 Å². The van der Waals surface area contributed by atoms with Gasteiger partial charge < -0.3 is 16.4 Å². The molecule has 1 saturated heterocycles. The van der Waals surface area contributed by atoms with Crippen molar-refractivity contribution in [2.75, 3.05) is 22.6 Å². The Kier molecular flexibility index (Phi) is 4.93. The summed E-state index contributed by atoms with van der Waals surface area (Å²) >= 11 is 3.26. The van der Waals surface area contributed by atoms with Crippen LogP contribution in [-0.2, 0) is 0 Å². The minimum absolute atomic E-state index is 0.0938. The first kappa shape index (κ1) is 14.5. The molecule has 1 fully saturated rings. The lowest BCUT2D eigenvalue weighted by atomic mass is 10.1. The van der Waals surface area contributed by atoms with E-state index < -0.39 is 0 Å². The van der Waals surface area contributed by atoms with Gasteiger partial charge in [-0.3, -0.25) is 4.79 Å². The summed E-state index contributed by atoms with van der Waals surface area (Å²) in [4.78, 5) is 16.9. The zero-order valence-corrected chi connectivity index (χ0v) is 12.9. The lowest BCUT2D eigenvalue weighted by molar-refractivity contribution is 0.0939. The van der Waals surface area contributed by atoms with Gasteiger partial charge in [0.25, 0.3) is 5.91 Å². The Morgan fingerprint density at radius 2 is 2.11 bits per heavy atom. The highest BCUT2D eigenvalue weighted by atomic mass is 32.2. The van der Waals surface area contributed by atoms with Crippen LogP contribution in [0.5, 0.6) is 0 Å². The molecular formula is C12H20N4OS2. The second kappa shape index (κ2) is 6.47. The molecule has 106 valence electrons. The molecular weight excluding hydrogens is 280 g/mol. The first-order valence-corrected chi connectivity index (χ1v) is 8.45. The van der Waals surface area contributed by atoms with Crippen LogP contribution in [0, 0.1) is 0 Å². The van der Waals surface area contributed by atoms with Crippen LogP contribution in [-0.4, -0.2) is 34.5 Å². The van der Waals surface area contributed by atoms with Crippen molar-refractivity contribution >= 4 is 40.0 Å². The van der Waals surface area contributed by atoms with E-state index in [0.717, 1.165) is 24.3 Å². The molecule has 0 spiro atoms. The summed E-state index contributed by atoms with van der Waals surface area (Å²) in [6.07, 6.45) is 2.07. The molecule has 1 aromatic rings. The number of amides is 1. The monoisotopic (exact) mass is 300 g/mol. The van der Waals surface area contributed by atoms with E-state index in [9.17, 15) is 4.79 Å². The van der Waals surface area contributed by atoms with Crippen molar-refractivity contribution in [1.29, 1.82) is 0 Å². The summed E-state index contributed by atoms with van der Waals surface area (Å²) in [7, 11) is 0. The molecule has 0 unspecified atom stereocenters. The molecule has 7 heteroatoms. The number of rotatable bonds is 4. The van der Waals surface area contributed by atoms with E-state index in [0.29, 0.717) is 15.8 Å². The Balaban J connectivity index is 1.99. The number of aromatic nitrogens is 1. The lowest BCUT2D eigenvalue weighted by Gasteiger charge is -2.22. The molecule has 1 amide bonds. The molecule has 0 aliphatic carbocycles. The number of thiazole rings is 1. The van der Waals surface area contributed by atoms with Gasteiger partial charge in [-0.15, -0.1) is 0 Å². The number of nitrogens with one attached hydrogen (secondary N) is 2. The second-order valence-corrected chi connectivity index (χ2v) is 7.12. The molecule has 0 radical (unpaired) electrons. The Labute approximate surface area is 121 Å². The normalized spacial score (nSPS) is 16.6. The van der Waals surface area contributed by atoms with Crippen molar-refractivity contribution in [1.82, 2.24) is 10.3 Å². The van der Waals surface area contributed by atoms with E-state index in [2.05, 4.69) is 15.6 Å². The number of carbonyl (C=O) groups is 1. The molecule has 1 aromatic heterocycles. The number of hydrogen-bond donors (Lipinski definition) is 3. The first-order chi connectivity index (χ1) is 9.06. The topological polar surface area (TPSA) is 80.0 Å². The number of nitrogen functional groups attached to an aromatic ring is 1. The fourth-order valence-electron chi connectivity index (χ4n) is 1.90. The van der Waals surface area contributed by atoms with Crippen molar-refractivity contribution in [2.24, 2.45) is 0 Å². The van der Waals surface area contributed by atoms with E-state index >= 15 is 0 Å². The predicted octanol–water partition coefficient (Wildman–Crippen LogP) is 2.17. The van der Waals surface area contributed by atoms with Gasteiger partial charge in [-0.05, 0) is 38.2 Å². The summed E-state index contributed by atoms with van der Waals surface area (Å²) in [6.45, 7) is 4.05. The summed E-state index contributed by atoms with van der Waals surface area (Å²) in [6, 6.07) is 0.550. The number of hydrogen-bond acceptors (Lipinski definition) is 6. The highest BCUT2D eigenvalue weighted by molar-refractivity contribution is 7.99. The third kappa shape index (κ3) is 4.01. The van der Waals surface area contributed by atoms with Gasteiger partial charge in [0, 0.05) is 12.1 Å². The minimum atomic E-state index is -0.0938. The van der Waals surface area contributed by atoms with Crippen molar-refractivity contribution in [3.05, 3.63) is 4.88 Å². The fraction of sp³-hybridized carbons (Fsp3) is 0.667. The number of anilines is 2. The standard InChI is InChI=1S/C12H20N4OS2/c1-7(2)14-12-16-10(13)9(19-12)11(17)15-8-3-5-18-6-4-8/h7-8H,3-6,13H2,1-2H3,(H,14,16)(H,15,17). The quantitative estimate of drug-likeness (QED) is 0.794. The van der Waals surface area contributed by atoms with Gasteiger partial charge in [0.15, 0.2) is 5.13 Å². The van der Waals surface area contributed by atoms with Crippen LogP contribution in [0.1, 0.15) is 36.4 Å². The van der Waals surface area contributed by atoms with Crippen molar-refractivity contribution < 1.29 is 4.79 Å². The summed E-state index contributed by atoms with van der Waals surface area (Å²) in [5.74, 6) is 2.45. The smallest absolute Gasteiger partial charge is 0.265 e. The Bertz CT molecular complexity index is 441. The molecule has 0 aromatic carbocycles. The third-order valence-corrected chi connectivity index (χ3v) is 4.88. The summed E-state index contributed by atoms with van der Waals surface area (Å²) < 4.78 is 0. The molecule has 19 heavy (non-hydrogen) atoms. The maximum absolute atomic E-state index is 12.2. The number of thioether (sulfide) groups is 1. The minimum Gasteiger partial charge on any atom is -0.382 e. The van der Waals surface area contributed by atoms with E-state index in [1.165, 1.54) is 11.3 Å². The molecule has 0 saturated carbocycles. The second-order valence-electron chi connectivity index (χ2n) is 4.89. The van der Waals surface area contributed by atoms with Gasteiger partial charge in [-0.2, -0.15) is 11.8 Å².